The van der Waals surface area contributed by atoms with Crippen molar-refractivity contribution in [2.75, 3.05) is 6.54 Å². The zero-order chi connectivity index (χ0) is 17.6. The molecule has 0 spiro atoms. The molecule has 0 radical (unpaired) electrons. The molecule has 6 heteroatoms. The van der Waals surface area contributed by atoms with Crippen LogP contribution in [-0.2, 0) is 21.2 Å². The van der Waals surface area contributed by atoms with Crippen LogP contribution in [0.3, 0.4) is 0 Å². The van der Waals surface area contributed by atoms with E-state index in [4.69, 9.17) is 0 Å². The van der Waals surface area contributed by atoms with Crippen LogP contribution in [0, 0.1) is 6.92 Å². The van der Waals surface area contributed by atoms with Crippen molar-refractivity contribution < 1.29 is 13.2 Å². The van der Waals surface area contributed by atoms with Gasteiger partial charge in [0.2, 0.25) is 15.9 Å². The Balaban J connectivity index is 2.23. The number of hydrogen-bond donors (Lipinski definition) is 2. The van der Waals surface area contributed by atoms with Crippen molar-refractivity contribution in [1.29, 1.82) is 0 Å². The van der Waals surface area contributed by atoms with Gasteiger partial charge in [-0.25, -0.2) is 8.42 Å². The number of aryl methyl sites for hydroxylation is 1. The van der Waals surface area contributed by atoms with Crippen LogP contribution in [0.5, 0.6) is 0 Å². The number of rotatable bonds is 7. The van der Waals surface area contributed by atoms with Gasteiger partial charge in [0.25, 0.3) is 0 Å². The number of carbonyl (C=O) groups is 1. The number of nitrogens with one attached hydrogen (secondary N) is 2. The van der Waals surface area contributed by atoms with E-state index in [0.29, 0.717) is 6.54 Å². The van der Waals surface area contributed by atoms with Gasteiger partial charge in [-0.1, -0.05) is 48.0 Å². The lowest BCUT2D eigenvalue weighted by Crippen LogP contribution is -2.47. The van der Waals surface area contributed by atoms with Gasteiger partial charge in [0.15, 0.2) is 0 Å². The van der Waals surface area contributed by atoms with Gasteiger partial charge in [-0.3, -0.25) is 4.79 Å². The summed E-state index contributed by atoms with van der Waals surface area (Å²) >= 11 is 0. The minimum Gasteiger partial charge on any atom is -0.355 e. The molecule has 2 N–H and O–H groups in total. The van der Waals surface area contributed by atoms with Crippen molar-refractivity contribution in [2.45, 2.75) is 31.2 Å². The summed E-state index contributed by atoms with van der Waals surface area (Å²) in [6.45, 7) is 4.12. The summed E-state index contributed by atoms with van der Waals surface area (Å²) < 4.78 is 27.6. The molecule has 0 unspecified atom stereocenters. The largest absolute Gasteiger partial charge is 0.355 e. The average molecular weight is 346 g/mol. The maximum Gasteiger partial charge on any atom is 0.241 e. The highest BCUT2D eigenvalue weighted by atomic mass is 32.2. The summed E-state index contributed by atoms with van der Waals surface area (Å²) in [7, 11) is -3.77. The van der Waals surface area contributed by atoms with Crippen molar-refractivity contribution in [2.24, 2.45) is 0 Å². The molecule has 0 bridgehead atoms. The predicted molar refractivity (Wildman–Crippen MR) is 94.1 cm³/mol. The van der Waals surface area contributed by atoms with Gasteiger partial charge in [0.05, 0.1) is 4.90 Å². The fourth-order valence-electron chi connectivity index (χ4n) is 2.31. The van der Waals surface area contributed by atoms with Crippen LogP contribution >= 0.6 is 0 Å². The third-order valence-electron chi connectivity index (χ3n) is 3.58. The molecule has 0 fully saturated rings. The van der Waals surface area contributed by atoms with Crippen LogP contribution in [0.15, 0.2) is 59.5 Å². The number of benzene rings is 2. The van der Waals surface area contributed by atoms with E-state index in [0.717, 1.165) is 11.1 Å². The van der Waals surface area contributed by atoms with Crippen molar-refractivity contribution in [3.05, 3.63) is 65.7 Å². The second-order valence-corrected chi connectivity index (χ2v) is 7.29. The Morgan fingerprint density at radius 1 is 1.04 bits per heavy atom. The molecular weight excluding hydrogens is 324 g/mol. The molecule has 0 aliphatic carbocycles. The number of likely N-dealkylation sites (N-methyl/N-ethyl adjacent to an activating group) is 1. The Morgan fingerprint density at radius 3 is 2.25 bits per heavy atom. The minimum absolute atomic E-state index is 0.149. The van der Waals surface area contributed by atoms with Crippen LogP contribution in [-0.4, -0.2) is 26.9 Å². The molecule has 0 aliphatic rings. The number of sulfonamides is 1. The zero-order valence-electron chi connectivity index (χ0n) is 13.8. The highest BCUT2D eigenvalue weighted by Gasteiger charge is 2.25. The van der Waals surface area contributed by atoms with Gasteiger partial charge in [-0.2, -0.15) is 4.72 Å². The molecule has 2 rings (SSSR count). The van der Waals surface area contributed by atoms with E-state index in [2.05, 4.69) is 10.0 Å². The third kappa shape index (κ3) is 4.91. The molecule has 24 heavy (non-hydrogen) atoms. The first-order valence-corrected chi connectivity index (χ1v) is 9.31. The molecule has 0 aliphatic heterocycles. The van der Waals surface area contributed by atoms with Crippen LogP contribution < -0.4 is 10.0 Å². The van der Waals surface area contributed by atoms with E-state index in [9.17, 15) is 13.2 Å². The quantitative estimate of drug-likeness (QED) is 0.805. The molecule has 1 atom stereocenters. The van der Waals surface area contributed by atoms with Crippen molar-refractivity contribution >= 4 is 15.9 Å². The van der Waals surface area contributed by atoms with Gasteiger partial charge >= 0.3 is 0 Å². The monoisotopic (exact) mass is 346 g/mol. The Labute approximate surface area is 143 Å². The van der Waals surface area contributed by atoms with E-state index in [1.54, 1.807) is 19.1 Å². The molecular formula is C18H22N2O3S. The lowest BCUT2D eigenvalue weighted by molar-refractivity contribution is -0.122. The highest BCUT2D eigenvalue weighted by molar-refractivity contribution is 7.89. The Morgan fingerprint density at radius 2 is 1.67 bits per heavy atom. The molecule has 2 aromatic carbocycles. The van der Waals surface area contributed by atoms with Crippen LogP contribution in [0.25, 0.3) is 0 Å². The Bertz CT molecular complexity index is 772. The number of hydrogen-bond acceptors (Lipinski definition) is 3. The molecule has 2 aromatic rings. The van der Waals surface area contributed by atoms with Crippen LogP contribution in [0.1, 0.15) is 18.1 Å². The first kappa shape index (κ1) is 18.2. The summed E-state index contributed by atoms with van der Waals surface area (Å²) in [6.07, 6.45) is 0.289. The SMILES string of the molecule is CCNC(=O)[C@H](Cc1ccccc1)NS(=O)(=O)c1ccc(C)cc1. The lowest BCUT2D eigenvalue weighted by Gasteiger charge is -2.18. The second-order valence-electron chi connectivity index (χ2n) is 5.57. The highest BCUT2D eigenvalue weighted by Crippen LogP contribution is 2.12. The van der Waals surface area contributed by atoms with E-state index in [1.807, 2.05) is 37.3 Å². The summed E-state index contributed by atoms with van der Waals surface area (Å²) in [6, 6.07) is 15.0. The minimum atomic E-state index is -3.77. The summed E-state index contributed by atoms with van der Waals surface area (Å²) in [5.74, 6) is -0.336. The summed E-state index contributed by atoms with van der Waals surface area (Å²) in [5.41, 5.74) is 1.86. The van der Waals surface area contributed by atoms with Crippen LogP contribution in [0.4, 0.5) is 0 Å². The van der Waals surface area contributed by atoms with Gasteiger partial charge < -0.3 is 5.32 Å². The van der Waals surface area contributed by atoms with E-state index < -0.39 is 16.1 Å². The smallest absolute Gasteiger partial charge is 0.241 e. The first-order valence-electron chi connectivity index (χ1n) is 7.83. The standard InChI is InChI=1S/C18H22N2O3S/c1-3-19-18(21)17(13-15-7-5-4-6-8-15)20-24(22,23)16-11-9-14(2)10-12-16/h4-12,17,20H,3,13H2,1-2H3,(H,19,21)/t17-/m0/s1. The van der Waals surface area contributed by atoms with Gasteiger partial charge in [-0.15, -0.1) is 0 Å². The second kappa shape index (κ2) is 8.08. The molecule has 0 heterocycles. The maximum atomic E-state index is 12.6. The number of carbonyl (C=O) groups excluding carboxylic acids is 1. The molecule has 0 saturated heterocycles. The van der Waals surface area contributed by atoms with Crippen molar-refractivity contribution in [3.8, 4) is 0 Å². The normalized spacial score (nSPS) is 12.6. The maximum absolute atomic E-state index is 12.6. The molecule has 5 nitrogen and oxygen atoms in total. The van der Waals surface area contributed by atoms with E-state index in [-0.39, 0.29) is 17.2 Å². The Hall–Kier alpha value is -2.18. The van der Waals surface area contributed by atoms with Crippen LogP contribution in [0.2, 0.25) is 0 Å². The number of amides is 1. The fourth-order valence-corrected chi connectivity index (χ4v) is 3.50. The summed E-state index contributed by atoms with van der Waals surface area (Å²) in [5, 5.41) is 2.68. The zero-order valence-corrected chi connectivity index (χ0v) is 14.6. The van der Waals surface area contributed by atoms with Gasteiger partial charge in [0, 0.05) is 6.54 Å². The Kier molecular flexibility index (Phi) is 6.11. The third-order valence-corrected chi connectivity index (χ3v) is 5.07. The van der Waals surface area contributed by atoms with Gasteiger partial charge in [0.1, 0.15) is 6.04 Å². The van der Waals surface area contributed by atoms with Crippen molar-refractivity contribution in [3.63, 3.8) is 0 Å². The van der Waals surface area contributed by atoms with E-state index in [1.165, 1.54) is 12.1 Å². The fraction of sp³-hybridized carbons (Fsp3) is 0.278. The molecule has 128 valence electrons. The van der Waals surface area contributed by atoms with Gasteiger partial charge in [-0.05, 0) is 38.0 Å². The predicted octanol–water partition coefficient (Wildman–Crippen LogP) is 2.02. The molecule has 0 saturated carbocycles. The first-order chi connectivity index (χ1) is 11.4. The average Bonchev–Trinajstić information content (AvgIpc) is 2.55. The van der Waals surface area contributed by atoms with Crippen molar-refractivity contribution in [1.82, 2.24) is 10.0 Å². The molecule has 1 amide bonds. The topological polar surface area (TPSA) is 75.3 Å². The lowest BCUT2D eigenvalue weighted by atomic mass is 10.1. The van der Waals surface area contributed by atoms with E-state index >= 15 is 0 Å². The summed E-state index contributed by atoms with van der Waals surface area (Å²) in [4.78, 5) is 12.4. The molecule has 0 aromatic heterocycles.